The smallest absolute Gasteiger partial charge is 0.236 e. The second-order valence-electron chi connectivity index (χ2n) is 5.80. The van der Waals surface area contributed by atoms with Crippen LogP contribution in [-0.4, -0.2) is 48.9 Å². The van der Waals surface area contributed by atoms with E-state index in [9.17, 15) is 4.79 Å². The van der Waals surface area contributed by atoms with E-state index < -0.39 is 0 Å². The summed E-state index contributed by atoms with van der Waals surface area (Å²) in [5.74, 6) is 0.811. The lowest BCUT2D eigenvalue weighted by Crippen LogP contribution is -2.42. The molecule has 1 saturated heterocycles. The van der Waals surface area contributed by atoms with Gasteiger partial charge < -0.3 is 10.6 Å². The number of nitrogens with zero attached hydrogens (tertiary/aromatic N) is 2. The van der Waals surface area contributed by atoms with E-state index in [4.69, 9.17) is 5.73 Å². The molecule has 124 valence electrons. The topological polar surface area (TPSA) is 49.6 Å². The zero-order chi connectivity index (χ0) is 15.2. The Balaban J connectivity index is 0.00000242. The van der Waals surface area contributed by atoms with Crippen LogP contribution in [0.3, 0.4) is 0 Å². The Morgan fingerprint density at radius 3 is 2.59 bits per heavy atom. The lowest BCUT2D eigenvalue weighted by atomic mass is 9.97. The second-order valence-corrected chi connectivity index (χ2v) is 6.65. The highest BCUT2D eigenvalue weighted by atomic mass is 79.9. The molecule has 6 heteroatoms. The number of rotatable bonds is 5. The summed E-state index contributed by atoms with van der Waals surface area (Å²) in [6.45, 7) is 3.88. The number of benzene rings is 1. The summed E-state index contributed by atoms with van der Waals surface area (Å²) >= 11 is 3.53. The first-order chi connectivity index (χ1) is 10.1. The van der Waals surface area contributed by atoms with E-state index in [0.717, 1.165) is 42.5 Å². The minimum Gasteiger partial charge on any atom is -0.340 e. The molecule has 1 fully saturated rings. The molecule has 0 aliphatic carbocycles. The van der Waals surface area contributed by atoms with Crippen molar-refractivity contribution in [3.05, 3.63) is 34.3 Å². The fourth-order valence-corrected chi connectivity index (χ4v) is 3.07. The van der Waals surface area contributed by atoms with Crippen molar-refractivity contribution in [3.8, 4) is 0 Å². The molecule has 1 aliphatic heterocycles. The predicted molar refractivity (Wildman–Crippen MR) is 96.1 cm³/mol. The molecule has 0 saturated carbocycles. The van der Waals surface area contributed by atoms with Gasteiger partial charge >= 0.3 is 0 Å². The Morgan fingerprint density at radius 1 is 1.36 bits per heavy atom. The van der Waals surface area contributed by atoms with Crippen LogP contribution in [0.15, 0.2) is 28.7 Å². The first-order valence-electron chi connectivity index (χ1n) is 7.50. The third kappa shape index (κ3) is 5.54. The van der Waals surface area contributed by atoms with Crippen LogP contribution in [0.5, 0.6) is 0 Å². The van der Waals surface area contributed by atoms with Crippen molar-refractivity contribution in [2.24, 2.45) is 11.7 Å². The lowest BCUT2D eigenvalue weighted by Gasteiger charge is -2.32. The van der Waals surface area contributed by atoms with Gasteiger partial charge in [-0.2, -0.15) is 0 Å². The molecule has 22 heavy (non-hydrogen) atoms. The number of amides is 1. The molecular formula is C16H25BrClN3O. The Morgan fingerprint density at radius 2 is 2.00 bits per heavy atom. The summed E-state index contributed by atoms with van der Waals surface area (Å²) < 4.78 is 1.05. The van der Waals surface area contributed by atoms with Crippen LogP contribution in [-0.2, 0) is 11.3 Å². The molecule has 1 aliphatic rings. The van der Waals surface area contributed by atoms with Crippen LogP contribution in [0.2, 0.25) is 0 Å². The zero-order valence-corrected chi connectivity index (χ0v) is 15.4. The number of nitrogens with two attached hydrogens (primary N) is 1. The molecule has 1 aromatic rings. The standard InChI is InChI=1S/C16H24BrN3O.ClH/c1-19(11-14-4-2-3-5-15(14)17)16(21)12-20-8-6-13(10-18)7-9-20;/h2-5,13H,6-12,18H2,1H3;1H. The summed E-state index contributed by atoms with van der Waals surface area (Å²) in [4.78, 5) is 16.4. The number of halogens is 2. The van der Waals surface area contributed by atoms with Gasteiger partial charge in [0.1, 0.15) is 0 Å². The third-order valence-electron chi connectivity index (χ3n) is 4.19. The maximum atomic E-state index is 12.3. The molecule has 0 bridgehead atoms. The first kappa shape index (κ1) is 19.4. The van der Waals surface area contributed by atoms with E-state index in [0.29, 0.717) is 19.0 Å². The number of hydrogen-bond acceptors (Lipinski definition) is 3. The average molecular weight is 391 g/mol. The Hall–Kier alpha value is -0.620. The molecule has 0 radical (unpaired) electrons. The van der Waals surface area contributed by atoms with Gasteiger partial charge in [-0.05, 0) is 50.0 Å². The number of carbonyl (C=O) groups excluding carboxylic acids is 1. The van der Waals surface area contributed by atoms with Crippen LogP contribution >= 0.6 is 28.3 Å². The van der Waals surface area contributed by atoms with E-state index in [1.165, 1.54) is 0 Å². The van der Waals surface area contributed by atoms with Crippen LogP contribution in [0.4, 0.5) is 0 Å². The van der Waals surface area contributed by atoms with E-state index in [-0.39, 0.29) is 18.3 Å². The molecule has 1 amide bonds. The largest absolute Gasteiger partial charge is 0.340 e. The number of likely N-dealkylation sites (tertiary alicyclic amines) is 1. The number of piperidine rings is 1. The molecule has 4 nitrogen and oxygen atoms in total. The number of hydrogen-bond donors (Lipinski definition) is 1. The van der Waals surface area contributed by atoms with E-state index >= 15 is 0 Å². The first-order valence-corrected chi connectivity index (χ1v) is 8.29. The van der Waals surface area contributed by atoms with Gasteiger partial charge in [-0.15, -0.1) is 12.4 Å². The number of likely N-dealkylation sites (N-methyl/N-ethyl adjacent to an activating group) is 1. The van der Waals surface area contributed by atoms with Crippen molar-refractivity contribution in [2.75, 3.05) is 33.2 Å². The molecule has 1 heterocycles. The van der Waals surface area contributed by atoms with Crippen molar-refractivity contribution >= 4 is 34.2 Å². The monoisotopic (exact) mass is 389 g/mol. The molecule has 1 aromatic carbocycles. The maximum Gasteiger partial charge on any atom is 0.236 e. The molecule has 0 unspecified atom stereocenters. The summed E-state index contributed by atoms with van der Waals surface area (Å²) in [7, 11) is 1.87. The molecule has 2 N–H and O–H groups in total. The molecule has 0 aromatic heterocycles. The van der Waals surface area contributed by atoms with Gasteiger partial charge in [-0.3, -0.25) is 9.69 Å². The highest BCUT2D eigenvalue weighted by Gasteiger charge is 2.21. The van der Waals surface area contributed by atoms with Gasteiger partial charge in [-0.1, -0.05) is 34.1 Å². The lowest BCUT2D eigenvalue weighted by molar-refractivity contribution is -0.132. The van der Waals surface area contributed by atoms with Crippen LogP contribution in [0.1, 0.15) is 18.4 Å². The quantitative estimate of drug-likeness (QED) is 0.840. The minimum atomic E-state index is 0. The second kappa shape index (κ2) is 9.50. The van der Waals surface area contributed by atoms with Crippen molar-refractivity contribution in [2.45, 2.75) is 19.4 Å². The van der Waals surface area contributed by atoms with Gasteiger partial charge in [0.05, 0.1) is 6.54 Å². The van der Waals surface area contributed by atoms with E-state index in [1.807, 2.05) is 31.3 Å². The molecule has 2 rings (SSSR count). The van der Waals surface area contributed by atoms with Gasteiger partial charge in [0.15, 0.2) is 0 Å². The fourth-order valence-electron chi connectivity index (χ4n) is 2.66. The van der Waals surface area contributed by atoms with Gasteiger partial charge in [0, 0.05) is 18.1 Å². The Bertz CT molecular complexity index is 478. The van der Waals surface area contributed by atoms with Gasteiger partial charge in [0.25, 0.3) is 0 Å². The zero-order valence-electron chi connectivity index (χ0n) is 13.0. The van der Waals surface area contributed by atoms with Crippen LogP contribution < -0.4 is 5.73 Å². The van der Waals surface area contributed by atoms with Crippen LogP contribution in [0, 0.1) is 5.92 Å². The normalized spacial score (nSPS) is 16.1. The highest BCUT2D eigenvalue weighted by Crippen LogP contribution is 2.18. The highest BCUT2D eigenvalue weighted by molar-refractivity contribution is 9.10. The molecule has 0 spiro atoms. The van der Waals surface area contributed by atoms with Crippen molar-refractivity contribution in [3.63, 3.8) is 0 Å². The van der Waals surface area contributed by atoms with Crippen molar-refractivity contribution in [1.29, 1.82) is 0 Å². The summed E-state index contributed by atoms with van der Waals surface area (Å²) in [5.41, 5.74) is 6.83. The maximum absolute atomic E-state index is 12.3. The van der Waals surface area contributed by atoms with E-state index in [1.54, 1.807) is 4.90 Å². The van der Waals surface area contributed by atoms with E-state index in [2.05, 4.69) is 20.8 Å². The fraction of sp³-hybridized carbons (Fsp3) is 0.562. The Labute approximate surface area is 147 Å². The number of carbonyl (C=O) groups is 1. The molecular weight excluding hydrogens is 366 g/mol. The average Bonchev–Trinajstić information content (AvgIpc) is 2.50. The molecule has 0 atom stereocenters. The predicted octanol–water partition coefficient (Wildman–Crippen LogP) is 2.50. The summed E-state index contributed by atoms with van der Waals surface area (Å²) in [6.07, 6.45) is 2.22. The van der Waals surface area contributed by atoms with Gasteiger partial charge in [0.2, 0.25) is 5.91 Å². The summed E-state index contributed by atoms with van der Waals surface area (Å²) in [6, 6.07) is 8.03. The van der Waals surface area contributed by atoms with Gasteiger partial charge in [-0.25, -0.2) is 0 Å². The van der Waals surface area contributed by atoms with Crippen molar-refractivity contribution < 1.29 is 4.79 Å². The van der Waals surface area contributed by atoms with Crippen molar-refractivity contribution in [1.82, 2.24) is 9.80 Å². The minimum absolute atomic E-state index is 0. The van der Waals surface area contributed by atoms with Crippen LogP contribution in [0.25, 0.3) is 0 Å². The summed E-state index contributed by atoms with van der Waals surface area (Å²) in [5, 5.41) is 0. The third-order valence-corrected chi connectivity index (χ3v) is 4.96. The SMILES string of the molecule is CN(Cc1ccccc1Br)C(=O)CN1CCC(CN)CC1.Cl. The Kier molecular flexibility index (Phi) is 8.39.